The molecule has 0 aliphatic carbocycles. The predicted octanol–water partition coefficient (Wildman–Crippen LogP) is 3.57. The molecule has 0 fully saturated rings. The van der Waals surface area contributed by atoms with Crippen molar-refractivity contribution in [1.82, 2.24) is 0 Å². The molecular weight excluding hydrogens is 248 g/mol. The van der Waals surface area contributed by atoms with Crippen LogP contribution in [0.2, 0.25) is 0 Å². The van der Waals surface area contributed by atoms with Gasteiger partial charge in [-0.15, -0.1) is 0 Å². The van der Waals surface area contributed by atoms with Crippen molar-refractivity contribution in [3.63, 3.8) is 0 Å². The van der Waals surface area contributed by atoms with Gasteiger partial charge in [0.2, 0.25) is 0 Å². The molecule has 1 N–H and O–H groups in total. The van der Waals surface area contributed by atoms with Gasteiger partial charge >= 0.3 is 0 Å². The zero-order valence-electron chi connectivity index (χ0n) is 10.4. The lowest BCUT2D eigenvalue weighted by atomic mass is 10.1. The summed E-state index contributed by atoms with van der Waals surface area (Å²) >= 11 is 0. The number of anilines is 1. The number of halogens is 2. The number of aryl methyl sites for hydroxylation is 1. The highest BCUT2D eigenvalue weighted by Crippen LogP contribution is 2.11. The number of carbonyl (C=O) groups excluding carboxylic acids is 1. The van der Waals surface area contributed by atoms with Crippen molar-refractivity contribution in [3.8, 4) is 0 Å². The van der Waals surface area contributed by atoms with E-state index < -0.39 is 11.6 Å². The summed E-state index contributed by atoms with van der Waals surface area (Å²) in [6, 6.07) is 10.7. The van der Waals surface area contributed by atoms with Crippen LogP contribution >= 0.6 is 0 Å². The molecule has 0 saturated carbocycles. The monoisotopic (exact) mass is 261 g/mol. The Morgan fingerprint density at radius 2 is 1.74 bits per heavy atom. The largest absolute Gasteiger partial charge is 0.378 e. The van der Waals surface area contributed by atoms with Crippen molar-refractivity contribution in [3.05, 3.63) is 65.2 Å². The molecule has 0 spiro atoms. The van der Waals surface area contributed by atoms with Gasteiger partial charge in [0.25, 0.3) is 0 Å². The van der Waals surface area contributed by atoms with Crippen LogP contribution in [0.3, 0.4) is 0 Å². The Kier molecular flexibility index (Phi) is 3.90. The van der Waals surface area contributed by atoms with Gasteiger partial charge in [-0.25, -0.2) is 8.78 Å². The molecule has 2 aromatic carbocycles. The molecule has 4 heteroatoms. The number of nitrogens with one attached hydrogen (secondary N) is 1. The van der Waals surface area contributed by atoms with Crippen molar-refractivity contribution >= 4 is 11.5 Å². The SMILES string of the molecule is Cc1ccc(NCC(=O)c2ccc(F)c(F)c2)cc1. The smallest absolute Gasteiger partial charge is 0.181 e. The standard InChI is InChI=1S/C15H13F2NO/c1-10-2-5-12(6-3-10)18-9-15(19)11-4-7-13(16)14(17)8-11/h2-8,18H,9H2,1H3. The highest BCUT2D eigenvalue weighted by atomic mass is 19.2. The molecule has 0 unspecified atom stereocenters. The average Bonchev–Trinajstić information content (AvgIpc) is 2.41. The first-order valence-corrected chi connectivity index (χ1v) is 5.85. The van der Waals surface area contributed by atoms with Gasteiger partial charge in [-0.3, -0.25) is 4.79 Å². The third-order valence-corrected chi connectivity index (χ3v) is 2.75. The van der Waals surface area contributed by atoms with Gasteiger partial charge in [-0.2, -0.15) is 0 Å². The molecule has 0 aromatic heterocycles. The third kappa shape index (κ3) is 3.37. The zero-order valence-corrected chi connectivity index (χ0v) is 10.4. The summed E-state index contributed by atoms with van der Waals surface area (Å²) in [6.07, 6.45) is 0. The summed E-state index contributed by atoms with van der Waals surface area (Å²) < 4.78 is 25.7. The van der Waals surface area contributed by atoms with Crippen LogP contribution in [0.1, 0.15) is 15.9 Å². The van der Waals surface area contributed by atoms with Crippen LogP contribution in [0.25, 0.3) is 0 Å². The van der Waals surface area contributed by atoms with Gasteiger partial charge in [0.05, 0.1) is 6.54 Å². The zero-order chi connectivity index (χ0) is 13.8. The number of hydrogen-bond donors (Lipinski definition) is 1. The molecule has 0 amide bonds. The Morgan fingerprint density at radius 3 is 2.37 bits per heavy atom. The van der Waals surface area contributed by atoms with Gasteiger partial charge in [0.1, 0.15) is 0 Å². The van der Waals surface area contributed by atoms with Crippen molar-refractivity contribution in [2.75, 3.05) is 11.9 Å². The van der Waals surface area contributed by atoms with E-state index in [0.29, 0.717) is 0 Å². The number of rotatable bonds is 4. The second kappa shape index (κ2) is 5.61. The molecule has 2 rings (SSSR count). The number of carbonyl (C=O) groups is 1. The van der Waals surface area contributed by atoms with Gasteiger partial charge in [-0.05, 0) is 37.3 Å². The van der Waals surface area contributed by atoms with Crippen LogP contribution in [-0.2, 0) is 0 Å². The predicted molar refractivity (Wildman–Crippen MR) is 70.4 cm³/mol. The first-order chi connectivity index (χ1) is 9.06. The van der Waals surface area contributed by atoms with Crippen molar-refractivity contribution in [2.24, 2.45) is 0 Å². The maximum absolute atomic E-state index is 13.0. The molecule has 98 valence electrons. The van der Waals surface area contributed by atoms with Gasteiger partial charge in [0, 0.05) is 11.3 Å². The Bertz CT molecular complexity index is 594. The molecule has 0 aliphatic rings. The van der Waals surface area contributed by atoms with E-state index in [1.807, 2.05) is 31.2 Å². The van der Waals surface area contributed by atoms with Crippen LogP contribution in [-0.4, -0.2) is 12.3 Å². The molecule has 0 radical (unpaired) electrons. The van der Waals surface area contributed by atoms with E-state index in [4.69, 9.17) is 0 Å². The Labute approximate surface area is 110 Å². The van der Waals surface area contributed by atoms with Crippen LogP contribution in [0.15, 0.2) is 42.5 Å². The number of benzene rings is 2. The van der Waals surface area contributed by atoms with E-state index in [-0.39, 0.29) is 17.9 Å². The summed E-state index contributed by atoms with van der Waals surface area (Å²) in [7, 11) is 0. The lowest BCUT2D eigenvalue weighted by Crippen LogP contribution is -2.14. The van der Waals surface area contributed by atoms with Gasteiger partial charge in [0.15, 0.2) is 17.4 Å². The van der Waals surface area contributed by atoms with Crippen LogP contribution in [0.4, 0.5) is 14.5 Å². The second-order valence-electron chi connectivity index (χ2n) is 4.27. The second-order valence-corrected chi connectivity index (χ2v) is 4.27. The highest BCUT2D eigenvalue weighted by molar-refractivity contribution is 5.98. The van der Waals surface area contributed by atoms with Crippen molar-refractivity contribution in [1.29, 1.82) is 0 Å². The number of Topliss-reactive ketones (excluding diaryl/α,β-unsaturated/α-hetero) is 1. The molecular formula is C15H13F2NO. The minimum atomic E-state index is -1.01. The molecule has 0 bridgehead atoms. The Balaban J connectivity index is 2.01. The normalized spacial score (nSPS) is 10.3. The van der Waals surface area contributed by atoms with E-state index in [1.54, 1.807) is 0 Å². The van der Waals surface area contributed by atoms with Gasteiger partial charge in [-0.1, -0.05) is 17.7 Å². The van der Waals surface area contributed by atoms with E-state index in [9.17, 15) is 13.6 Å². The Hall–Kier alpha value is -2.23. The maximum Gasteiger partial charge on any atom is 0.181 e. The fourth-order valence-electron chi connectivity index (χ4n) is 1.63. The molecule has 19 heavy (non-hydrogen) atoms. The molecule has 2 nitrogen and oxygen atoms in total. The van der Waals surface area contributed by atoms with E-state index in [2.05, 4.69) is 5.32 Å². The van der Waals surface area contributed by atoms with Crippen molar-refractivity contribution < 1.29 is 13.6 Å². The molecule has 2 aromatic rings. The number of hydrogen-bond acceptors (Lipinski definition) is 2. The first kappa shape index (κ1) is 13.2. The average molecular weight is 261 g/mol. The maximum atomic E-state index is 13.0. The fraction of sp³-hybridized carbons (Fsp3) is 0.133. The van der Waals surface area contributed by atoms with E-state index >= 15 is 0 Å². The topological polar surface area (TPSA) is 29.1 Å². The highest BCUT2D eigenvalue weighted by Gasteiger charge is 2.09. The van der Waals surface area contributed by atoms with Crippen LogP contribution < -0.4 is 5.32 Å². The van der Waals surface area contributed by atoms with Gasteiger partial charge < -0.3 is 5.32 Å². The summed E-state index contributed by atoms with van der Waals surface area (Å²) in [5.41, 5.74) is 2.08. The van der Waals surface area contributed by atoms with Crippen LogP contribution in [0, 0.1) is 18.6 Å². The molecule has 0 saturated heterocycles. The lowest BCUT2D eigenvalue weighted by molar-refractivity contribution is 0.101. The van der Waals surface area contributed by atoms with Crippen molar-refractivity contribution in [2.45, 2.75) is 6.92 Å². The quantitative estimate of drug-likeness (QED) is 0.852. The molecule has 0 aliphatic heterocycles. The number of ketones is 1. The first-order valence-electron chi connectivity index (χ1n) is 5.85. The van der Waals surface area contributed by atoms with Crippen LogP contribution in [0.5, 0.6) is 0 Å². The Morgan fingerprint density at radius 1 is 1.05 bits per heavy atom. The third-order valence-electron chi connectivity index (χ3n) is 2.75. The summed E-state index contributed by atoms with van der Waals surface area (Å²) in [4.78, 5) is 11.8. The van der Waals surface area contributed by atoms with E-state index in [1.165, 1.54) is 6.07 Å². The minimum Gasteiger partial charge on any atom is -0.378 e. The fourth-order valence-corrected chi connectivity index (χ4v) is 1.63. The summed E-state index contributed by atoms with van der Waals surface area (Å²) in [5, 5.41) is 2.94. The lowest BCUT2D eigenvalue weighted by Gasteiger charge is -2.06. The van der Waals surface area contributed by atoms with E-state index in [0.717, 1.165) is 23.4 Å². The molecule has 0 atom stereocenters. The summed E-state index contributed by atoms with van der Waals surface area (Å²) in [5.74, 6) is -2.26. The molecule has 0 heterocycles. The minimum absolute atomic E-state index is 0.0358. The summed E-state index contributed by atoms with van der Waals surface area (Å²) in [6.45, 7) is 2.00.